The van der Waals surface area contributed by atoms with Crippen LogP contribution in [-0.4, -0.2) is 54.0 Å². The van der Waals surface area contributed by atoms with Crippen LogP contribution < -0.4 is 4.74 Å². The summed E-state index contributed by atoms with van der Waals surface area (Å²) < 4.78 is 17.3. The standard InChI is InChI=1S/C30H36N2O4/c1-30(2,3)36-29(33)32-14-13-26(32)21-35-28-18-25(19-31-20-28)24-12-8-11-23(15-24)17-27(34-4)16-22-9-6-5-7-10-22/h5-12,15,18-20,26-27H,13-14,16-17,21H2,1-4H3/t26-,27+/m0/s1. The first kappa shape index (κ1) is 25.7. The number of nitrogens with zero attached hydrogens (tertiary/aromatic N) is 2. The molecule has 4 rings (SSSR count). The van der Waals surface area contributed by atoms with Crippen LogP contribution in [-0.2, 0) is 22.3 Å². The molecule has 0 aliphatic carbocycles. The maximum absolute atomic E-state index is 12.4. The molecular weight excluding hydrogens is 452 g/mol. The monoisotopic (exact) mass is 488 g/mol. The van der Waals surface area contributed by atoms with E-state index in [4.69, 9.17) is 14.2 Å². The number of likely N-dealkylation sites (tertiary alicyclic amines) is 1. The minimum Gasteiger partial charge on any atom is -0.490 e. The second-order valence-corrected chi connectivity index (χ2v) is 10.3. The largest absolute Gasteiger partial charge is 0.490 e. The molecule has 0 radical (unpaired) electrons. The molecule has 3 aromatic rings. The third-order valence-electron chi connectivity index (χ3n) is 6.29. The van der Waals surface area contributed by atoms with Crippen molar-refractivity contribution < 1.29 is 19.0 Å². The van der Waals surface area contributed by atoms with Crippen LogP contribution in [0.25, 0.3) is 11.1 Å². The minimum atomic E-state index is -0.504. The molecule has 0 saturated carbocycles. The molecule has 1 amide bonds. The summed E-state index contributed by atoms with van der Waals surface area (Å²) in [4.78, 5) is 18.5. The summed E-state index contributed by atoms with van der Waals surface area (Å²) in [7, 11) is 1.77. The lowest BCUT2D eigenvalue weighted by molar-refractivity contribution is -0.0141. The van der Waals surface area contributed by atoms with Crippen LogP contribution in [0.1, 0.15) is 38.3 Å². The molecule has 1 fully saturated rings. The summed E-state index contributed by atoms with van der Waals surface area (Å²) in [6, 6.07) is 20.9. The topological polar surface area (TPSA) is 60.9 Å². The number of rotatable bonds is 9. The summed E-state index contributed by atoms with van der Waals surface area (Å²) in [5, 5.41) is 0. The molecule has 1 aliphatic heterocycles. The van der Waals surface area contributed by atoms with Crippen molar-refractivity contribution in [3.8, 4) is 16.9 Å². The molecule has 1 aromatic heterocycles. The molecule has 6 nitrogen and oxygen atoms in total. The maximum atomic E-state index is 12.4. The fourth-order valence-electron chi connectivity index (χ4n) is 4.28. The summed E-state index contributed by atoms with van der Waals surface area (Å²) >= 11 is 0. The number of aromatic nitrogens is 1. The Morgan fingerprint density at radius 1 is 1.00 bits per heavy atom. The van der Waals surface area contributed by atoms with Gasteiger partial charge in [-0.15, -0.1) is 0 Å². The number of methoxy groups -OCH3 is 1. The van der Waals surface area contributed by atoms with E-state index in [0.717, 1.165) is 30.4 Å². The fourth-order valence-corrected chi connectivity index (χ4v) is 4.28. The zero-order chi connectivity index (χ0) is 25.5. The molecule has 2 aromatic carbocycles. The highest BCUT2D eigenvalue weighted by Gasteiger charge is 2.35. The number of carbonyl (C=O) groups excluding carboxylic acids is 1. The molecule has 1 aliphatic rings. The summed E-state index contributed by atoms with van der Waals surface area (Å²) in [6.45, 7) is 6.74. The molecule has 0 bridgehead atoms. The van der Waals surface area contributed by atoms with Crippen LogP contribution >= 0.6 is 0 Å². The van der Waals surface area contributed by atoms with E-state index in [2.05, 4.69) is 53.5 Å². The van der Waals surface area contributed by atoms with Gasteiger partial charge in [0.1, 0.15) is 18.0 Å². The molecule has 0 spiro atoms. The Morgan fingerprint density at radius 2 is 1.75 bits per heavy atom. The van der Waals surface area contributed by atoms with Gasteiger partial charge < -0.3 is 19.1 Å². The normalized spacial score (nSPS) is 16.2. The van der Waals surface area contributed by atoms with Gasteiger partial charge in [0.15, 0.2) is 0 Å². The van der Waals surface area contributed by atoms with Crippen LogP contribution in [0.15, 0.2) is 73.1 Å². The Balaban J connectivity index is 1.37. The number of pyridine rings is 1. The molecular formula is C30H36N2O4. The van der Waals surface area contributed by atoms with E-state index in [1.54, 1.807) is 18.2 Å². The second-order valence-electron chi connectivity index (χ2n) is 10.3. The van der Waals surface area contributed by atoms with Crippen molar-refractivity contribution in [1.29, 1.82) is 0 Å². The Labute approximate surface area is 214 Å². The molecule has 2 atom stereocenters. The molecule has 0 N–H and O–H groups in total. The predicted octanol–water partition coefficient (Wildman–Crippen LogP) is 5.94. The minimum absolute atomic E-state index is 0.0161. The van der Waals surface area contributed by atoms with Crippen molar-refractivity contribution in [3.05, 3.63) is 84.2 Å². The van der Waals surface area contributed by atoms with Gasteiger partial charge in [-0.05, 0) is 62.8 Å². The van der Waals surface area contributed by atoms with Gasteiger partial charge in [0.05, 0.1) is 18.3 Å². The molecule has 1 saturated heterocycles. The Kier molecular flexibility index (Phi) is 8.26. The van der Waals surface area contributed by atoms with Crippen molar-refractivity contribution in [2.75, 3.05) is 20.3 Å². The third kappa shape index (κ3) is 7.08. The fraction of sp³-hybridized carbons (Fsp3) is 0.400. The number of carbonyl (C=O) groups is 1. The van der Waals surface area contributed by atoms with Gasteiger partial charge in [0, 0.05) is 25.4 Å². The van der Waals surface area contributed by atoms with E-state index in [1.807, 2.05) is 39.1 Å². The Bertz CT molecular complexity index is 1140. The lowest BCUT2D eigenvalue weighted by atomic mass is 9.98. The van der Waals surface area contributed by atoms with Gasteiger partial charge in [-0.1, -0.05) is 54.6 Å². The van der Waals surface area contributed by atoms with Gasteiger partial charge in [-0.2, -0.15) is 0 Å². The van der Waals surface area contributed by atoms with E-state index in [-0.39, 0.29) is 18.2 Å². The first-order chi connectivity index (χ1) is 17.3. The van der Waals surface area contributed by atoms with Crippen molar-refractivity contribution in [2.24, 2.45) is 0 Å². The molecule has 36 heavy (non-hydrogen) atoms. The molecule has 6 heteroatoms. The van der Waals surface area contributed by atoms with Crippen molar-refractivity contribution in [3.63, 3.8) is 0 Å². The van der Waals surface area contributed by atoms with E-state index in [9.17, 15) is 4.79 Å². The average Bonchev–Trinajstić information content (AvgIpc) is 2.83. The molecule has 2 heterocycles. The number of ether oxygens (including phenoxy) is 3. The summed E-state index contributed by atoms with van der Waals surface area (Å²) in [6.07, 6.45) is 5.97. The lowest BCUT2D eigenvalue weighted by Gasteiger charge is -2.40. The smallest absolute Gasteiger partial charge is 0.410 e. The summed E-state index contributed by atoms with van der Waals surface area (Å²) in [5.74, 6) is 0.688. The lowest BCUT2D eigenvalue weighted by Crippen LogP contribution is -2.55. The Morgan fingerprint density at radius 3 is 2.44 bits per heavy atom. The van der Waals surface area contributed by atoms with Crippen LogP contribution in [0.5, 0.6) is 5.75 Å². The first-order valence-corrected chi connectivity index (χ1v) is 12.5. The number of amides is 1. The van der Waals surface area contributed by atoms with E-state index in [1.165, 1.54) is 11.1 Å². The third-order valence-corrected chi connectivity index (χ3v) is 6.29. The van der Waals surface area contributed by atoms with Gasteiger partial charge in [0.2, 0.25) is 0 Å². The highest BCUT2D eigenvalue weighted by Crippen LogP contribution is 2.26. The first-order valence-electron chi connectivity index (χ1n) is 12.5. The zero-order valence-electron chi connectivity index (χ0n) is 21.6. The zero-order valence-corrected chi connectivity index (χ0v) is 21.6. The van der Waals surface area contributed by atoms with E-state index < -0.39 is 5.60 Å². The van der Waals surface area contributed by atoms with Crippen LogP contribution in [0, 0.1) is 0 Å². The van der Waals surface area contributed by atoms with Crippen LogP contribution in [0.2, 0.25) is 0 Å². The number of hydrogen-bond donors (Lipinski definition) is 0. The van der Waals surface area contributed by atoms with Crippen LogP contribution in [0.3, 0.4) is 0 Å². The average molecular weight is 489 g/mol. The van der Waals surface area contributed by atoms with E-state index >= 15 is 0 Å². The van der Waals surface area contributed by atoms with Gasteiger partial charge in [-0.3, -0.25) is 4.98 Å². The molecule has 190 valence electrons. The van der Waals surface area contributed by atoms with Crippen molar-refractivity contribution in [1.82, 2.24) is 9.88 Å². The highest BCUT2D eigenvalue weighted by molar-refractivity contribution is 5.69. The second kappa shape index (κ2) is 11.6. The van der Waals surface area contributed by atoms with Gasteiger partial charge in [0.25, 0.3) is 0 Å². The number of benzene rings is 2. The Hall–Kier alpha value is -3.38. The summed E-state index contributed by atoms with van der Waals surface area (Å²) in [5.41, 5.74) is 4.05. The van der Waals surface area contributed by atoms with Gasteiger partial charge >= 0.3 is 6.09 Å². The highest BCUT2D eigenvalue weighted by atomic mass is 16.6. The van der Waals surface area contributed by atoms with Crippen molar-refractivity contribution in [2.45, 2.75) is 57.8 Å². The predicted molar refractivity (Wildman–Crippen MR) is 141 cm³/mol. The van der Waals surface area contributed by atoms with Crippen LogP contribution in [0.4, 0.5) is 4.79 Å². The quantitative estimate of drug-likeness (QED) is 0.373. The maximum Gasteiger partial charge on any atom is 0.410 e. The van der Waals surface area contributed by atoms with Crippen molar-refractivity contribution >= 4 is 6.09 Å². The van der Waals surface area contributed by atoms with Gasteiger partial charge in [-0.25, -0.2) is 4.79 Å². The SMILES string of the molecule is CO[C@H](Cc1ccccc1)Cc1cccc(-c2cncc(OC[C@@H]3CCN3C(=O)OC(C)(C)C)c2)c1. The van der Waals surface area contributed by atoms with E-state index in [0.29, 0.717) is 18.9 Å². The molecule has 0 unspecified atom stereocenters. The number of hydrogen-bond acceptors (Lipinski definition) is 5.